The summed E-state index contributed by atoms with van der Waals surface area (Å²) < 4.78 is 25.5. The maximum atomic E-state index is 11.4. The van der Waals surface area contributed by atoms with Crippen molar-refractivity contribution in [3.8, 4) is 0 Å². The van der Waals surface area contributed by atoms with Crippen LogP contribution in [0.5, 0.6) is 0 Å². The van der Waals surface area contributed by atoms with Gasteiger partial charge in [-0.05, 0) is 31.6 Å². The van der Waals surface area contributed by atoms with Crippen LogP contribution < -0.4 is 4.72 Å². The molecule has 0 aliphatic heterocycles. The lowest BCUT2D eigenvalue weighted by Crippen LogP contribution is -2.28. The van der Waals surface area contributed by atoms with Gasteiger partial charge in [-0.25, -0.2) is 13.1 Å². The molecule has 0 unspecified atom stereocenters. The summed E-state index contributed by atoms with van der Waals surface area (Å²) in [7, 11) is -2.99. The van der Waals surface area contributed by atoms with Crippen LogP contribution in [-0.2, 0) is 10.0 Å². The Hall–Kier alpha value is 0.200. The van der Waals surface area contributed by atoms with Gasteiger partial charge in [-0.1, -0.05) is 12.8 Å². The Bertz CT molecular complexity index is 263. The molecule has 0 aromatic heterocycles. The van der Waals surface area contributed by atoms with Crippen LogP contribution in [0.15, 0.2) is 0 Å². The highest BCUT2D eigenvalue weighted by molar-refractivity contribution is 7.89. The molecule has 1 rings (SSSR count). The van der Waals surface area contributed by atoms with Gasteiger partial charge in [0.25, 0.3) is 0 Å². The van der Waals surface area contributed by atoms with Gasteiger partial charge in [0.05, 0.1) is 5.75 Å². The topological polar surface area (TPSA) is 46.2 Å². The Kier molecular flexibility index (Phi) is 5.94. The van der Waals surface area contributed by atoms with Crippen LogP contribution in [-0.4, -0.2) is 26.6 Å². The smallest absolute Gasteiger partial charge is 0.211 e. The third-order valence-corrected chi connectivity index (χ3v) is 4.36. The van der Waals surface area contributed by atoms with Gasteiger partial charge in [0.15, 0.2) is 0 Å². The van der Waals surface area contributed by atoms with E-state index in [-0.39, 0.29) is 0 Å². The minimum absolute atomic E-state index is 0.328. The van der Waals surface area contributed by atoms with Crippen molar-refractivity contribution < 1.29 is 8.42 Å². The van der Waals surface area contributed by atoms with E-state index in [0.717, 1.165) is 38.5 Å². The van der Waals surface area contributed by atoms with Crippen molar-refractivity contribution >= 4 is 21.6 Å². The zero-order valence-corrected chi connectivity index (χ0v) is 10.6. The van der Waals surface area contributed by atoms with E-state index in [0.29, 0.717) is 24.1 Å². The van der Waals surface area contributed by atoms with E-state index >= 15 is 0 Å². The summed E-state index contributed by atoms with van der Waals surface area (Å²) in [6, 6.07) is 0. The number of nitrogens with one attached hydrogen (secondary N) is 1. The minimum atomic E-state index is -2.99. The molecule has 1 aliphatic rings. The highest BCUT2D eigenvalue weighted by Crippen LogP contribution is 2.29. The second kappa shape index (κ2) is 6.71. The van der Waals surface area contributed by atoms with E-state index in [1.807, 2.05) is 0 Å². The van der Waals surface area contributed by atoms with E-state index in [2.05, 4.69) is 4.72 Å². The number of rotatable bonds is 9. The predicted molar refractivity (Wildman–Crippen MR) is 63.7 cm³/mol. The average molecular weight is 254 g/mol. The highest BCUT2D eigenvalue weighted by Gasteiger charge is 2.27. The number of halogens is 1. The Balaban J connectivity index is 1.98. The van der Waals surface area contributed by atoms with Crippen molar-refractivity contribution in [1.82, 2.24) is 4.72 Å². The van der Waals surface area contributed by atoms with Crippen molar-refractivity contribution in [3.63, 3.8) is 0 Å². The molecule has 1 N–H and O–H groups in total. The van der Waals surface area contributed by atoms with Crippen LogP contribution >= 0.6 is 11.6 Å². The Morgan fingerprint density at radius 2 is 1.80 bits per heavy atom. The predicted octanol–water partition coefficient (Wildman–Crippen LogP) is 2.12. The summed E-state index contributed by atoms with van der Waals surface area (Å²) in [6.45, 7) is 0.581. The molecule has 0 spiro atoms. The van der Waals surface area contributed by atoms with Crippen molar-refractivity contribution in [3.05, 3.63) is 0 Å². The fraction of sp³-hybridized carbons (Fsp3) is 1.00. The molecule has 0 saturated heterocycles. The van der Waals surface area contributed by atoms with Gasteiger partial charge in [0.1, 0.15) is 0 Å². The summed E-state index contributed by atoms with van der Waals surface area (Å²) in [5, 5.41) is 0. The number of sulfonamides is 1. The molecule has 0 amide bonds. The second-order valence-corrected chi connectivity index (χ2v) is 6.45. The number of hydrogen-bond donors (Lipinski definition) is 1. The normalized spacial score (nSPS) is 16.9. The van der Waals surface area contributed by atoms with Crippen LogP contribution in [0.4, 0.5) is 0 Å². The standard InChI is InChI=1S/C10H20ClNO2S/c11-7-3-1-2-4-8-12-15(13,14)9-10-5-6-10/h10,12H,1-9H2. The molecule has 1 fully saturated rings. The molecule has 0 aromatic carbocycles. The quantitative estimate of drug-likeness (QED) is 0.505. The number of alkyl halides is 1. The van der Waals surface area contributed by atoms with Crippen LogP contribution in [0.25, 0.3) is 0 Å². The average Bonchev–Trinajstić information content (AvgIpc) is 2.94. The maximum absolute atomic E-state index is 11.4. The molecule has 0 bridgehead atoms. The van der Waals surface area contributed by atoms with Crippen LogP contribution in [0.3, 0.4) is 0 Å². The summed E-state index contributed by atoms with van der Waals surface area (Å²) in [4.78, 5) is 0. The van der Waals surface area contributed by atoms with Crippen LogP contribution in [0.2, 0.25) is 0 Å². The summed E-state index contributed by atoms with van der Waals surface area (Å²) >= 11 is 5.54. The first kappa shape index (κ1) is 13.3. The molecule has 90 valence electrons. The number of hydrogen-bond acceptors (Lipinski definition) is 2. The largest absolute Gasteiger partial charge is 0.215 e. The Morgan fingerprint density at radius 1 is 1.13 bits per heavy atom. The number of unbranched alkanes of at least 4 members (excludes halogenated alkanes) is 3. The molecule has 1 aliphatic carbocycles. The van der Waals surface area contributed by atoms with Gasteiger partial charge >= 0.3 is 0 Å². The highest BCUT2D eigenvalue weighted by atomic mass is 35.5. The molecule has 0 heterocycles. The Morgan fingerprint density at radius 3 is 2.40 bits per heavy atom. The first-order valence-electron chi connectivity index (χ1n) is 5.67. The minimum Gasteiger partial charge on any atom is -0.215 e. The molecule has 0 radical (unpaired) electrons. The lowest BCUT2D eigenvalue weighted by Gasteiger charge is -2.05. The Labute approximate surface area is 97.6 Å². The maximum Gasteiger partial charge on any atom is 0.211 e. The van der Waals surface area contributed by atoms with E-state index in [1.165, 1.54) is 0 Å². The van der Waals surface area contributed by atoms with E-state index in [4.69, 9.17) is 11.6 Å². The SMILES string of the molecule is O=S(=O)(CC1CC1)NCCCCCCCl. The summed E-state index contributed by atoms with van der Waals surface area (Å²) in [5.74, 6) is 1.46. The molecule has 5 heteroatoms. The summed E-state index contributed by atoms with van der Waals surface area (Å²) in [6.07, 6.45) is 6.25. The first-order valence-corrected chi connectivity index (χ1v) is 7.86. The molecular weight excluding hydrogens is 234 g/mol. The van der Waals surface area contributed by atoms with Crippen molar-refractivity contribution in [2.45, 2.75) is 38.5 Å². The molecule has 3 nitrogen and oxygen atoms in total. The van der Waals surface area contributed by atoms with Gasteiger partial charge in [-0.15, -0.1) is 11.6 Å². The van der Waals surface area contributed by atoms with Crippen molar-refractivity contribution in [2.24, 2.45) is 5.92 Å². The van der Waals surface area contributed by atoms with Gasteiger partial charge < -0.3 is 0 Å². The lowest BCUT2D eigenvalue weighted by atomic mass is 10.2. The van der Waals surface area contributed by atoms with Gasteiger partial charge in [-0.3, -0.25) is 0 Å². The molecule has 0 atom stereocenters. The molecule has 0 aromatic rings. The van der Waals surface area contributed by atoms with Crippen molar-refractivity contribution in [2.75, 3.05) is 18.2 Å². The van der Waals surface area contributed by atoms with E-state index < -0.39 is 10.0 Å². The lowest BCUT2D eigenvalue weighted by molar-refractivity contribution is 0.570. The third-order valence-electron chi connectivity index (χ3n) is 2.53. The summed E-state index contributed by atoms with van der Waals surface area (Å²) in [5.41, 5.74) is 0. The fourth-order valence-electron chi connectivity index (χ4n) is 1.45. The first-order chi connectivity index (χ1) is 7.14. The zero-order valence-electron chi connectivity index (χ0n) is 9.04. The third kappa shape index (κ3) is 7.14. The van der Waals surface area contributed by atoms with Gasteiger partial charge in [-0.2, -0.15) is 0 Å². The van der Waals surface area contributed by atoms with E-state index in [1.54, 1.807) is 0 Å². The molecule has 15 heavy (non-hydrogen) atoms. The molecule has 1 saturated carbocycles. The monoisotopic (exact) mass is 253 g/mol. The second-order valence-electron chi connectivity index (χ2n) is 4.22. The van der Waals surface area contributed by atoms with Crippen molar-refractivity contribution in [1.29, 1.82) is 0 Å². The van der Waals surface area contributed by atoms with E-state index in [9.17, 15) is 8.42 Å². The van der Waals surface area contributed by atoms with Gasteiger partial charge in [0, 0.05) is 12.4 Å². The van der Waals surface area contributed by atoms with Crippen LogP contribution in [0.1, 0.15) is 38.5 Å². The van der Waals surface area contributed by atoms with Crippen LogP contribution in [0, 0.1) is 5.92 Å². The molecular formula is C10H20ClNO2S. The fourth-order valence-corrected chi connectivity index (χ4v) is 3.17. The van der Waals surface area contributed by atoms with Gasteiger partial charge in [0.2, 0.25) is 10.0 Å². The zero-order chi connectivity index (χ0) is 11.1.